The molecule has 2 rings (SSSR count). The molecule has 102 valence electrons. The van der Waals surface area contributed by atoms with Crippen LogP contribution in [-0.2, 0) is 14.8 Å². The molecule has 1 saturated heterocycles. The zero-order chi connectivity index (χ0) is 11.6. The summed E-state index contributed by atoms with van der Waals surface area (Å²) in [4.78, 5) is 0. The zero-order valence-corrected chi connectivity index (χ0v) is 11.4. The highest BCUT2D eigenvalue weighted by Gasteiger charge is 2.31. The highest BCUT2D eigenvalue weighted by Crippen LogP contribution is 2.19. The second-order valence-electron chi connectivity index (χ2n) is 4.82. The Hall–Kier alpha value is 0.120. The van der Waals surface area contributed by atoms with Crippen molar-refractivity contribution in [2.24, 2.45) is 5.73 Å². The molecular formula is C10H21ClN2O3S. The predicted molar refractivity (Wildman–Crippen MR) is 68.8 cm³/mol. The molecule has 2 fully saturated rings. The van der Waals surface area contributed by atoms with Gasteiger partial charge >= 0.3 is 0 Å². The normalized spacial score (nSPS) is 33.6. The largest absolute Gasteiger partial charge is 0.377 e. The maximum atomic E-state index is 11.8. The van der Waals surface area contributed by atoms with Crippen LogP contribution in [0.3, 0.4) is 0 Å². The molecule has 1 aliphatic heterocycles. The van der Waals surface area contributed by atoms with Crippen molar-refractivity contribution >= 4 is 22.4 Å². The van der Waals surface area contributed by atoms with Crippen LogP contribution in [0.15, 0.2) is 0 Å². The van der Waals surface area contributed by atoms with E-state index in [1.165, 1.54) is 0 Å². The van der Waals surface area contributed by atoms with Crippen molar-refractivity contribution in [2.45, 2.75) is 50.3 Å². The molecule has 3 N–H and O–H groups in total. The third-order valence-corrected chi connectivity index (χ3v) is 4.70. The average Bonchev–Trinajstić information content (AvgIpc) is 2.15. The number of hydrogen-bond acceptors (Lipinski definition) is 4. The minimum atomic E-state index is -3.20. The van der Waals surface area contributed by atoms with E-state index in [1.54, 1.807) is 0 Å². The first-order valence-electron chi connectivity index (χ1n) is 5.92. The smallest absolute Gasteiger partial charge is 0.214 e. The summed E-state index contributed by atoms with van der Waals surface area (Å²) < 4.78 is 31.7. The molecule has 7 heteroatoms. The second kappa shape index (κ2) is 6.33. The summed E-state index contributed by atoms with van der Waals surface area (Å²) in [5, 5.41) is 0. The fourth-order valence-corrected chi connectivity index (χ4v) is 3.79. The standard InChI is InChI=1S/C10H20N2O3S.ClH/c11-8-5-9(6-8)12-16(13,14)7-10-3-1-2-4-15-10;/h8-10,12H,1-7,11H2;1H. The van der Waals surface area contributed by atoms with Crippen LogP contribution in [0.25, 0.3) is 0 Å². The molecule has 0 radical (unpaired) electrons. The minimum Gasteiger partial charge on any atom is -0.377 e. The Morgan fingerprint density at radius 3 is 2.53 bits per heavy atom. The van der Waals surface area contributed by atoms with Crippen molar-refractivity contribution in [3.63, 3.8) is 0 Å². The van der Waals surface area contributed by atoms with Gasteiger partial charge in [-0.05, 0) is 32.1 Å². The summed E-state index contributed by atoms with van der Waals surface area (Å²) in [6, 6.07) is 0.210. The Kier molecular flexibility index (Phi) is 5.66. The summed E-state index contributed by atoms with van der Waals surface area (Å²) in [5.41, 5.74) is 5.61. The van der Waals surface area contributed by atoms with E-state index in [0.717, 1.165) is 32.1 Å². The molecule has 0 aromatic heterocycles. The van der Waals surface area contributed by atoms with Gasteiger partial charge in [0.05, 0.1) is 11.9 Å². The van der Waals surface area contributed by atoms with E-state index in [1.807, 2.05) is 0 Å². The lowest BCUT2D eigenvalue weighted by Crippen LogP contribution is -2.51. The van der Waals surface area contributed by atoms with E-state index in [0.29, 0.717) is 6.61 Å². The molecule has 1 unspecified atom stereocenters. The Balaban J connectivity index is 0.00000144. The molecule has 0 aromatic rings. The lowest BCUT2D eigenvalue weighted by molar-refractivity contribution is 0.0303. The van der Waals surface area contributed by atoms with Gasteiger partial charge in [-0.15, -0.1) is 12.4 Å². The summed E-state index contributed by atoms with van der Waals surface area (Å²) in [6.07, 6.45) is 4.34. The summed E-state index contributed by atoms with van der Waals surface area (Å²) >= 11 is 0. The molecule has 1 saturated carbocycles. The molecule has 1 aliphatic carbocycles. The Bertz CT molecular complexity index is 324. The molecule has 17 heavy (non-hydrogen) atoms. The fraction of sp³-hybridized carbons (Fsp3) is 1.00. The van der Waals surface area contributed by atoms with Gasteiger partial charge in [-0.3, -0.25) is 0 Å². The van der Waals surface area contributed by atoms with Crippen LogP contribution in [0.2, 0.25) is 0 Å². The second-order valence-corrected chi connectivity index (χ2v) is 6.61. The van der Waals surface area contributed by atoms with Gasteiger partial charge in [0, 0.05) is 18.7 Å². The van der Waals surface area contributed by atoms with Gasteiger partial charge in [0.2, 0.25) is 10.0 Å². The third kappa shape index (κ3) is 4.71. The maximum Gasteiger partial charge on any atom is 0.214 e. The van der Waals surface area contributed by atoms with E-state index in [9.17, 15) is 8.42 Å². The Morgan fingerprint density at radius 2 is 2.00 bits per heavy atom. The monoisotopic (exact) mass is 284 g/mol. The Labute approximate surface area is 109 Å². The molecule has 2 aliphatic rings. The third-order valence-electron chi connectivity index (χ3n) is 3.20. The molecule has 1 heterocycles. The molecule has 0 amide bonds. The van der Waals surface area contributed by atoms with E-state index >= 15 is 0 Å². The van der Waals surface area contributed by atoms with E-state index in [4.69, 9.17) is 10.5 Å². The quantitative estimate of drug-likeness (QED) is 0.782. The van der Waals surface area contributed by atoms with Crippen LogP contribution in [-0.4, -0.2) is 39.0 Å². The predicted octanol–water partition coefficient (Wildman–Crippen LogP) is 0.386. The fourth-order valence-electron chi connectivity index (χ4n) is 2.24. The molecule has 0 aromatic carbocycles. The molecule has 0 spiro atoms. The number of halogens is 1. The van der Waals surface area contributed by atoms with E-state index in [2.05, 4.69) is 4.72 Å². The van der Waals surface area contributed by atoms with Crippen molar-refractivity contribution in [3.05, 3.63) is 0 Å². The van der Waals surface area contributed by atoms with E-state index in [-0.39, 0.29) is 36.3 Å². The topological polar surface area (TPSA) is 81.4 Å². The average molecular weight is 285 g/mol. The molecule has 1 atom stereocenters. The lowest BCUT2D eigenvalue weighted by atomic mass is 9.89. The van der Waals surface area contributed by atoms with Gasteiger partial charge < -0.3 is 10.5 Å². The van der Waals surface area contributed by atoms with Crippen LogP contribution in [0.1, 0.15) is 32.1 Å². The molecule has 5 nitrogen and oxygen atoms in total. The van der Waals surface area contributed by atoms with Gasteiger partial charge in [0.25, 0.3) is 0 Å². The number of rotatable bonds is 4. The SMILES string of the molecule is Cl.NC1CC(NS(=O)(=O)CC2CCCCO2)C1. The van der Waals surface area contributed by atoms with Gasteiger partial charge in [-0.25, -0.2) is 13.1 Å². The van der Waals surface area contributed by atoms with Crippen molar-refractivity contribution < 1.29 is 13.2 Å². The minimum absolute atomic E-state index is 0. The van der Waals surface area contributed by atoms with Gasteiger partial charge in [0.15, 0.2) is 0 Å². The van der Waals surface area contributed by atoms with Crippen molar-refractivity contribution in [2.75, 3.05) is 12.4 Å². The number of nitrogens with two attached hydrogens (primary N) is 1. The summed E-state index contributed by atoms with van der Waals surface area (Å²) in [6.45, 7) is 0.689. The van der Waals surface area contributed by atoms with Crippen LogP contribution in [0, 0.1) is 0 Å². The number of hydrogen-bond donors (Lipinski definition) is 2. The molecular weight excluding hydrogens is 264 g/mol. The summed E-state index contributed by atoms with van der Waals surface area (Å²) in [5.74, 6) is 0.0960. The Morgan fingerprint density at radius 1 is 1.29 bits per heavy atom. The van der Waals surface area contributed by atoms with Gasteiger partial charge in [-0.1, -0.05) is 0 Å². The van der Waals surface area contributed by atoms with Crippen molar-refractivity contribution in [1.82, 2.24) is 4.72 Å². The van der Waals surface area contributed by atoms with Crippen LogP contribution >= 0.6 is 12.4 Å². The van der Waals surface area contributed by atoms with Crippen molar-refractivity contribution in [3.8, 4) is 0 Å². The first-order chi connectivity index (χ1) is 7.55. The first-order valence-corrected chi connectivity index (χ1v) is 7.57. The van der Waals surface area contributed by atoms with Crippen LogP contribution < -0.4 is 10.5 Å². The number of nitrogens with one attached hydrogen (secondary N) is 1. The van der Waals surface area contributed by atoms with Gasteiger partial charge in [-0.2, -0.15) is 0 Å². The summed E-state index contributed by atoms with van der Waals surface area (Å²) in [7, 11) is -3.20. The van der Waals surface area contributed by atoms with E-state index < -0.39 is 10.0 Å². The highest BCUT2D eigenvalue weighted by atomic mass is 35.5. The maximum absolute atomic E-state index is 11.8. The van der Waals surface area contributed by atoms with Crippen LogP contribution in [0.5, 0.6) is 0 Å². The van der Waals surface area contributed by atoms with Crippen LogP contribution in [0.4, 0.5) is 0 Å². The molecule has 0 bridgehead atoms. The highest BCUT2D eigenvalue weighted by molar-refractivity contribution is 7.89. The number of sulfonamides is 1. The van der Waals surface area contributed by atoms with Gasteiger partial charge in [0.1, 0.15) is 0 Å². The number of ether oxygens (including phenoxy) is 1. The zero-order valence-electron chi connectivity index (χ0n) is 9.80. The lowest BCUT2D eigenvalue weighted by Gasteiger charge is -2.33. The van der Waals surface area contributed by atoms with Crippen molar-refractivity contribution in [1.29, 1.82) is 0 Å². The first kappa shape index (κ1) is 15.2.